The lowest BCUT2D eigenvalue weighted by molar-refractivity contribution is 0.124. The van der Waals surface area contributed by atoms with Crippen LogP contribution in [-0.2, 0) is 5.41 Å². The highest BCUT2D eigenvalue weighted by Gasteiger charge is 2.42. The molecule has 1 aromatic carbocycles. The van der Waals surface area contributed by atoms with Gasteiger partial charge in [-0.3, -0.25) is 0 Å². The van der Waals surface area contributed by atoms with Gasteiger partial charge in [-0.15, -0.1) is 0 Å². The molecule has 2 fully saturated rings. The van der Waals surface area contributed by atoms with Crippen LogP contribution in [0.25, 0.3) is 0 Å². The lowest BCUT2D eigenvalue weighted by Gasteiger charge is -2.47. The van der Waals surface area contributed by atoms with Crippen LogP contribution in [0.2, 0.25) is 0 Å². The third-order valence-electron chi connectivity index (χ3n) is 7.13. The maximum absolute atomic E-state index is 13.1. The molecule has 1 aromatic rings. The Labute approximate surface area is 167 Å². The maximum atomic E-state index is 13.1. The largest absolute Gasteiger partial charge is 0.428 e. The Kier molecular flexibility index (Phi) is 7.48. The Hall–Kier alpha value is -1.45. The topological polar surface area (TPSA) is 9.23 Å². The number of hydrogen-bond donors (Lipinski definition) is 0. The standard InChI is InChI=1S/C24H33F3O/c1-2-3-7-18-8-10-19(11-9-18)24(16-5-4-6-17-24)20-12-14-21(15-13-20)28-23(27)22(25)26/h12-15,18-19H,2-11,16-17H2,1H3/t18-,19-. The summed E-state index contributed by atoms with van der Waals surface area (Å²) in [6.45, 7) is 2.26. The first kappa shape index (κ1) is 21.3. The smallest absolute Gasteiger partial charge is 0.344 e. The number of ether oxygens (including phenoxy) is 1. The van der Waals surface area contributed by atoms with E-state index in [-0.39, 0.29) is 11.2 Å². The Morgan fingerprint density at radius 2 is 1.61 bits per heavy atom. The van der Waals surface area contributed by atoms with Gasteiger partial charge in [-0.05, 0) is 60.6 Å². The summed E-state index contributed by atoms with van der Waals surface area (Å²) in [5, 5.41) is 0. The Morgan fingerprint density at radius 1 is 0.964 bits per heavy atom. The van der Waals surface area contributed by atoms with Gasteiger partial charge in [0.25, 0.3) is 0 Å². The molecule has 0 aliphatic heterocycles. The van der Waals surface area contributed by atoms with Gasteiger partial charge in [0.1, 0.15) is 5.75 Å². The summed E-state index contributed by atoms with van der Waals surface area (Å²) in [6, 6.07) is 5.42. The van der Waals surface area contributed by atoms with Crippen molar-refractivity contribution in [2.45, 2.75) is 89.4 Å². The minimum Gasteiger partial charge on any atom is -0.428 e. The molecule has 0 spiro atoms. The lowest BCUT2D eigenvalue weighted by Crippen LogP contribution is -2.39. The van der Waals surface area contributed by atoms with E-state index in [0.717, 1.165) is 5.92 Å². The van der Waals surface area contributed by atoms with Gasteiger partial charge in [-0.2, -0.15) is 13.2 Å². The molecule has 4 heteroatoms. The van der Waals surface area contributed by atoms with E-state index in [1.807, 2.05) is 12.1 Å². The Morgan fingerprint density at radius 3 is 2.18 bits per heavy atom. The molecule has 0 atom stereocenters. The molecular weight excluding hydrogens is 361 g/mol. The fourth-order valence-electron chi connectivity index (χ4n) is 5.61. The van der Waals surface area contributed by atoms with Crippen LogP contribution in [0.4, 0.5) is 13.2 Å². The average Bonchev–Trinajstić information content (AvgIpc) is 2.73. The normalized spacial score (nSPS) is 24.6. The number of hydrogen-bond acceptors (Lipinski definition) is 1. The maximum Gasteiger partial charge on any atom is 0.344 e. The van der Waals surface area contributed by atoms with E-state index in [1.165, 1.54) is 82.6 Å². The Bertz CT molecular complexity index is 634. The monoisotopic (exact) mass is 394 g/mol. The summed E-state index contributed by atoms with van der Waals surface area (Å²) in [7, 11) is 0. The minimum atomic E-state index is -2.42. The highest BCUT2D eigenvalue weighted by Crippen LogP contribution is 2.51. The third kappa shape index (κ3) is 4.93. The number of unbranched alkanes of at least 4 members (excludes halogenated alkanes) is 1. The highest BCUT2D eigenvalue weighted by molar-refractivity contribution is 5.34. The van der Waals surface area contributed by atoms with Crippen molar-refractivity contribution >= 4 is 0 Å². The van der Waals surface area contributed by atoms with Gasteiger partial charge < -0.3 is 4.74 Å². The van der Waals surface area contributed by atoms with E-state index in [4.69, 9.17) is 0 Å². The van der Waals surface area contributed by atoms with Gasteiger partial charge in [-0.1, -0.05) is 70.4 Å². The molecule has 0 bridgehead atoms. The molecule has 2 saturated carbocycles. The summed E-state index contributed by atoms with van der Waals surface area (Å²) in [5.41, 5.74) is 1.47. The van der Waals surface area contributed by atoms with Crippen LogP contribution in [0.1, 0.15) is 89.5 Å². The van der Waals surface area contributed by atoms with Gasteiger partial charge in [-0.25, -0.2) is 0 Å². The second-order valence-electron chi connectivity index (χ2n) is 8.74. The van der Waals surface area contributed by atoms with Gasteiger partial charge in [0.2, 0.25) is 0 Å². The molecule has 156 valence electrons. The lowest BCUT2D eigenvalue weighted by atomic mass is 9.57. The van der Waals surface area contributed by atoms with Crippen molar-refractivity contribution in [2.75, 3.05) is 0 Å². The molecule has 0 aromatic heterocycles. The van der Waals surface area contributed by atoms with Crippen molar-refractivity contribution < 1.29 is 17.9 Å². The molecule has 0 amide bonds. The predicted molar refractivity (Wildman–Crippen MR) is 107 cm³/mol. The summed E-state index contributed by atoms with van der Waals surface area (Å²) >= 11 is 0. The molecule has 2 aliphatic carbocycles. The van der Waals surface area contributed by atoms with Crippen LogP contribution in [0.5, 0.6) is 5.75 Å². The molecule has 0 N–H and O–H groups in total. The zero-order valence-corrected chi connectivity index (χ0v) is 17.0. The summed E-state index contributed by atoms with van der Waals surface area (Å²) in [5.74, 6) is 1.71. The average molecular weight is 395 g/mol. The fourth-order valence-corrected chi connectivity index (χ4v) is 5.61. The summed E-state index contributed by atoms with van der Waals surface area (Å²) in [4.78, 5) is 0. The quantitative estimate of drug-likeness (QED) is 0.423. The fraction of sp³-hybridized carbons (Fsp3) is 0.667. The second kappa shape index (κ2) is 9.84. The van der Waals surface area contributed by atoms with E-state index < -0.39 is 12.1 Å². The first-order chi connectivity index (χ1) is 13.5. The van der Waals surface area contributed by atoms with E-state index in [2.05, 4.69) is 11.7 Å². The third-order valence-corrected chi connectivity index (χ3v) is 7.13. The van der Waals surface area contributed by atoms with Gasteiger partial charge in [0, 0.05) is 0 Å². The molecule has 3 rings (SSSR count). The summed E-state index contributed by atoms with van der Waals surface area (Å²) < 4.78 is 42.2. The minimum absolute atomic E-state index is 0.128. The van der Waals surface area contributed by atoms with E-state index >= 15 is 0 Å². The van der Waals surface area contributed by atoms with Crippen molar-refractivity contribution in [2.24, 2.45) is 11.8 Å². The molecule has 28 heavy (non-hydrogen) atoms. The number of benzene rings is 1. The van der Waals surface area contributed by atoms with Crippen LogP contribution in [-0.4, -0.2) is 0 Å². The van der Waals surface area contributed by atoms with Crippen molar-refractivity contribution in [3.05, 3.63) is 41.9 Å². The first-order valence-corrected chi connectivity index (χ1v) is 11.0. The van der Waals surface area contributed by atoms with Crippen molar-refractivity contribution in [3.8, 4) is 5.75 Å². The van der Waals surface area contributed by atoms with Crippen LogP contribution >= 0.6 is 0 Å². The van der Waals surface area contributed by atoms with Crippen LogP contribution in [0, 0.1) is 11.8 Å². The van der Waals surface area contributed by atoms with Gasteiger partial charge in [0.15, 0.2) is 0 Å². The van der Waals surface area contributed by atoms with Crippen LogP contribution < -0.4 is 4.74 Å². The molecule has 0 saturated heterocycles. The predicted octanol–water partition coefficient (Wildman–Crippen LogP) is 8.30. The molecular formula is C24H33F3O. The molecule has 0 unspecified atom stereocenters. The SMILES string of the molecule is CCCC[C@H]1CC[C@H](C2(c3ccc(OC(F)=C(F)F)cc3)CCCCC2)CC1. The zero-order chi connectivity index (χ0) is 20.0. The van der Waals surface area contributed by atoms with Crippen LogP contribution in [0.15, 0.2) is 36.4 Å². The molecule has 2 aliphatic rings. The van der Waals surface area contributed by atoms with Crippen molar-refractivity contribution in [1.82, 2.24) is 0 Å². The first-order valence-electron chi connectivity index (χ1n) is 11.0. The summed E-state index contributed by atoms with van der Waals surface area (Å²) in [6.07, 6.45) is 13.0. The number of rotatable bonds is 7. The molecule has 1 nitrogen and oxygen atoms in total. The Balaban J connectivity index is 1.74. The van der Waals surface area contributed by atoms with E-state index in [9.17, 15) is 13.2 Å². The van der Waals surface area contributed by atoms with Gasteiger partial charge >= 0.3 is 12.1 Å². The zero-order valence-electron chi connectivity index (χ0n) is 17.0. The van der Waals surface area contributed by atoms with Crippen molar-refractivity contribution in [3.63, 3.8) is 0 Å². The van der Waals surface area contributed by atoms with E-state index in [0.29, 0.717) is 5.92 Å². The second-order valence-corrected chi connectivity index (χ2v) is 8.74. The van der Waals surface area contributed by atoms with E-state index in [1.54, 1.807) is 12.1 Å². The number of halogens is 3. The van der Waals surface area contributed by atoms with Gasteiger partial charge in [0.05, 0.1) is 0 Å². The molecule has 0 radical (unpaired) electrons. The highest BCUT2D eigenvalue weighted by atomic mass is 19.3. The van der Waals surface area contributed by atoms with Crippen molar-refractivity contribution in [1.29, 1.82) is 0 Å². The molecule has 0 heterocycles. The van der Waals surface area contributed by atoms with Crippen LogP contribution in [0.3, 0.4) is 0 Å².